The normalized spacial score (nSPS) is 10.5. The van der Waals surface area contributed by atoms with E-state index in [1.165, 1.54) is 24.1 Å². The van der Waals surface area contributed by atoms with Crippen molar-refractivity contribution in [3.05, 3.63) is 28.3 Å². The molecule has 0 aliphatic heterocycles. The van der Waals surface area contributed by atoms with E-state index >= 15 is 0 Å². The molecule has 16 heavy (non-hydrogen) atoms. The summed E-state index contributed by atoms with van der Waals surface area (Å²) in [5.41, 5.74) is 5.85. The van der Waals surface area contributed by atoms with Crippen LogP contribution in [0, 0.1) is 10.1 Å². The molecule has 0 heterocycles. The van der Waals surface area contributed by atoms with Gasteiger partial charge in [0.25, 0.3) is 12.1 Å². The van der Waals surface area contributed by atoms with Gasteiger partial charge < -0.3 is 10.6 Å². The molecule has 0 amide bonds. The monoisotopic (exact) mass is 231 g/mol. The molecule has 0 spiro atoms. The molecule has 0 saturated carbocycles. The van der Waals surface area contributed by atoms with E-state index in [4.69, 9.17) is 5.73 Å². The number of alkyl halides is 2. The Kier molecular flexibility index (Phi) is 3.60. The first-order valence-corrected chi connectivity index (χ1v) is 4.45. The van der Waals surface area contributed by atoms with Gasteiger partial charge in [0.05, 0.1) is 22.8 Å². The molecule has 0 atom stereocenters. The van der Waals surface area contributed by atoms with Crippen LogP contribution in [0.4, 0.5) is 25.8 Å². The van der Waals surface area contributed by atoms with Gasteiger partial charge in [-0.3, -0.25) is 10.1 Å². The average Bonchev–Trinajstić information content (AvgIpc) is 2.15. The summed E-state index contributed by atoms with van der Waals surface area (Å²) in [4.78, 5) is 11.1. The lowest BCUT2D eigenvalue weighted by Gasteiger charge is -2.20. The number of rotatable bonds is 4. The van der Waals surface area contributed by atoms with Crippen LogP contribution in [0.1, 0.15) is 0 Å². The highest BCUT2D eigenvalue weighted by Crippen LogP contribution is 2.27. The molecule has 7 heteroatoms. The van der Waals surface area contributed by atoms with Crippen molar-refractivity contribution in [2.75, 3.05) is 24.2 Å². The maximum absolute atomic E-state index is 12.1. The Hall–Kier alpha value is -1.92. The zero-order chi connectivity index (χ0) is 12.3. The molecule has 0 aromatic heterocycles. The second-order valence-electron chi connectivity index (χ2n) is 3.27. The Morgan fingerprint density at radius 2 is 2.19 bits per heavy atom. The van der Waals surface area contributed by atoms with Gasteiger partial charge in [-0.25, -0.2) is 8.78 Å². The van der Waals surface area contributed by atoms with Crippen LogP contribution in [-0.4, -0.2) is 24.9 Å². The quantitative estimate of drug-likeness (QED) is 0.487. The van der Waals surface area contributed by atoms with Crippen LogP contribution >= 0.6 is 0 Å². The third-order valence-electron chi connectivity index (χ3n) is 2.05. The van der Waals surface area contributed by atoms with Gasteiger partial charge in [0.2, 0.25) is 0 Å². The number of benzene rings is 1. The summed E-state index contributed by atoms with van der Waals surface area (Å²) >= 11 is 0. The average molecular weight is 231 g/mol. The predicted molar refractivity (Wildman–Crippen MR) is 56.8 cm³/mol. The first kappa shape index (κ1) is 12.2. The van der Waals surface area contributed by atoms with Gasteiger partial charge in [-0.05, 0) is 6.07 Å². The van der Waals surface area contributed by atoms with E-state index in [1.807, 2.05) is 0 Å². The topological polar surface area (TPSA) is 72.4 Å². The molecule has 0 fully saturated rings. The van der Waals surface area contributed by atoms with E-state index < -0.39 is 17.9 Å². The van der Waals surface area contributed by atoms with Crippen LogP contribution in [0.2, 0.25) is 0 Å². The highest BCUT2D eigenvalue weighted by molar-refractivity contribution is 5.70. The molecular formula is C9H11F2N3O2. The van der Waals surface area contributed by atoms with Gasteiger partial charge in [-0.1, -0.05) is 0 Å². The van der Waals surface area contributed by atoms with Crippen LogP contribution in [0.5, 0.6) is 0 Å². The third-order valence-corrected chi connectivity index (χ3v) is 2.05. The summed E-state index contributed by atoms with van der Waals surface area (Å²) in [5, 5.41) is 10.4. The molecule has 2 N–H and O–H groups in total. The van der Waals surface area contributed by atoms with Crippen LogP contribution in [0.15, 0.2) is 18.2 Å². The molecule has 0 aliphatic carbocycles. The Balaban J connectivity index is 2.94. The van der Waals surface area contributed by atoms with Crippen LogP contribution in [0.3, 0.4) is 0 Å². The smallest absolute Gasteiger partial charge is 0.271 e. The summed E-state index contributed by atoms with van der Waals surface area (Å²) in [7, 11) is 1.45. The second-order valence-corrected chi connectivity index (χ2v) is 3.27. The minimum atomic E-state index is -2.49. The minimum Gasteiger partial charge on any atom is -0.397 e. The molecule has 0 unspecified atom stereocenters. The van der Waals surface area contributed by atoms with Gasteiger partial charge in [0.1, 0.15) is 0 Å². The first-order chi connectivity index (χ1) is 7.41. The number of non-ortho nitro benzene ring substituents is 1. The van der Waals surface area contributed by atoms with Gasteiger partial charge in [0, 0.05) is 19.2 Å². The van der Waals surface area contributed by atoms with Crippen molar-refractivity contribution >= 4 is 17.1 Å². The molecule has 0 aliphatic rings. The molecule has 0 radical (unpaired) electrons. The van der Waals surface area contributed by atoms with Gasteiger partial charge in [0.15, 0.2) is 0 Å². The van der Waals surface area contributed by atoms with Crippen molar-refractivity contribution in [1.82, 2.24) is 0 Å². The van der Waals surface area contributed by atoms with Gasteiger partial charge in [-0.15, -0.1) is 0 Å². The highest BCUT2D eigenvalue weighted by atomic mass is 19.3. The molecule has 88 valence electrons. The van der Waals surface area contributed by atoms with E-state index in [0.717, 1.165) is 6.07 Å². The largest absolute Gasteiger partial charge is 0.397 e. The highest BCUT2D eigenvalue weighted by Gasteiger charge is 2.14. The summed E-state index contributed by atoms with van der Waals surface area (Å²) < 4.78 is 24.2. The number of nitro groups is 1. The van der Waals surface area contributed by atoms with Gasteiger partial charge in [-0.2, -0.15) is 0 Å². The van der Waals surface area contributed by atoms with Crippen molar-refractivity contribution in [1.29, 1.82) is 0 Å². The molecule has 1 rings (SSSR count). The molecule has 5 nitrogen and oxygen atoms in total. The lowest BCUT2D eigenvalue weighted by Crippen LogP contribution is -2.24. The van der Waals surface area contributed by atoms with Crippen molar-refractivity contribution in [3.8, 4) is 0 Å². The fraction of sp³-hybridized carbons (Fsp3) is 0.333. The summed E-state index contributed by atoms with van der Waals surface area (Å²) in [6, 6.07) is 3.74. The molecule has 0 saturated heterocycles. The lowest BCUT2D eigenvalue weighted by atomic mass is 10.2. The van der Waals surface area contributed by atoms with Crippen molar-refractivity contribution in [2.45, 2.75) is 6.43 Å². The predicted octanol–water partition coefficient (Wildman–Crippen LogP) is 1.88. The Morgan fingerprint density at radius 1 is 1.56 bits per heavy atom. The van der Waals surface area contributed by atoms with E-state index in [-0.39, 0.29) is 11.4 Å². The zero-order valence-corrected chi connectivity index (χ0v) is 8.56. The fourth-order valence-electron chi connectivity index (χ4n) is 1.31. The molecule has 1 aromatic rings. The number of hydrogen-bond acceptors (Lipinski definition) is 4. The number of nitrogens with zero attached hydrogens (tertiary/aromatic N) is 2. The maximum atomic E-state index is 12.1. The fourth-order valence-corrected chi connectivity index (χ4v) is 1.31. The number of hydrogen-bond donors (Lipinski definition) is 1. The minimum absolute atomic E-state index is 0.109. The van der Waals surface area contributed by atoms with Crippen LogP contribution in [-0.2, 0) is 0 Å². The van der Waals surface area contributed by atoms with Crippen LogP contribution in [0.25, 0.3) is 0 Å². The molecule has 0 bridgehead atoms. The Morgan fingerprint density at radius 3 is 2.62 bits per heavy atom. The number of nitrogens with two attached hydrogens (primary N) is 1. The Bertz CT molecular complexity index is 398. The second kappa shape index (κ2) is 4.73. The SMILES string of the molecule is CN(CC(F)F)c1ccc([N+](=O)[O-])cc1N. The zero-order valence-electron chi connectivity index (χ0n) is 8.56. The summed E-state index contributed by atoms with van der Waals surface area (Å²) in [6.07, 6.45) is -2.49. The van der Waals surface area contributed by atoms with Crippen molar-refractivity contribution in [3.63, 3.8) is 0 Å². The van der Waals surface area contributed by atoms with Crippen LogP contribution < -0.4 is 10.6 Å². The maximum Gasteiger partial charge on any atom is 0.271 e. The van der Waals surface area contributed by atoms with Crippen molar-refractivity contribution in [2.24, 2.45) is 0 Å². The Labute approximate surface area is 90.6 Å². The molecular weight excluding hydrogens is 220 g/mol. The van der Waals surface area contributed by atoms with E-state index in [0.29, 0.717) is 5.69 Å². The summed E-state index contributed by atoms with van der Waals surface area (Å²) in [5.74, 6) is 0. The molecule has 1 aromatic carbocycles. The number of anilines is 2. The first-order valence-electron chi connectivity index (χ1n) is 4.45. The van der Waals surface area contributed by atoms with E-state index in [2.05, 4.69) is 0 Å². The number of halogens is 2. The van der Waals surface area contributed by atoms with E-state index in [9.17, 15) is 18.9 Å². The third kappa shape index (κ3) is 2.78. The standard InChI is InChI=1S/C9H11F2N3O2/c1-13(5-9(10)11)8-3-2-6(14(15)16)4-7(8)12/h2-4,9H,5,12H2,1H3. The van der Waals surface area contributed by atoms with Crippen molar-refractivity contribution < 1.29 is 13.7 Å². The van der Waals surface area contributed by atoms with E-state index in [1.54, 1.807) is 0 Å². The number of nitro benzene ring substituents is 1. The number of nitrogen functional groups attached to an aromatic ring is 1. The summed E-state index contributed by atoms with van der Waals surface area (Å²) in [6.45, 7) is -0.470. The lowest BCUT2D eigenvalue weighted by molar-refractivity contribution is -0.384. The van der Waals surface area contributed by atoms with Gasteiger partial charge >= 0.3 is 0 Å².